The molecule has 3 aliphatic rings. The van der Waals surface area contributed by atoms with Crippen molar-refractivity contribution < 1.29 is 30.0 Å². The lowest BCUT2D eigenvalue weighted by molar-refractivity contribution is -0.165. The normalized spacial score (nSPS) is 25.5. The predicted molar refractivity (Wildman–Crippen MR) is 105 cm³/mol. The van der Waals surface area contributed by atoms with Gasteiger partial charge in [0.05, 0.1) is 17.4 Å². The van der Waals surface area contributed by atoms with Gasteiger partial charge in [0.1, 0.15) is 5.03 Å². The fourth-order valence-corrected chi connectivity index (χ4v) is 5.23. The number of unbranched alkanes of at least 4 members (excludes halogenated alkanes) is 1. The zero-order valence-electron chi connectivity index (χ0n) is 15.7. The summed E-state index contributed by atoms with van der Waals surface area (Å²) in [5, 5.41) is 33.8. The molecule has 11 heteroatoms. The number of piperidine rings is 3. The third-order valence-corrected chi connectivity index (χ3v) is 6.76. The fraction of sp³-hybridized carbons (Fsp3) is 0.765. The second-order valence-electron chi connectivity index (χ2n) is 6.97. The van der Waals surface area contributed by atoms with Crippen LogP contribution in [-0.2, 0) is 9.59 Å². The van der Waals surface area contributed by atoms with Crippen LogP contribution >= 0.6 is 23.5 Å². The molecule has 9 nitrogen and oxygen atoms in total. The van der Waals surface area contributed by atoms with E-state index in [9.17, 15) is 9.59 Å². The van der Waals surface area contributed by atoms with Gasteiger partial charge in [-0.1, -0.05) is 13.3 Å². The summed E-state index contributed by atoms with van der Waals surface area (Å²) in [6, 6.07) is 0. The number of carboxylic acids is 2. The van der Waals surface area contributed by atoms with E-state index >= 15 is 0 Å². The van der Waals surface area contributed by atoms with Crippen LogP contribution in [0.2, 0.25) is 0 Å². The predicted octanol–water partition coefficient (Wildman–Crippen LogP) is 1.12. The maximum absolute atomic E-state index is 9.77. The first-order valence-corrected chi connectivity index (χ1v) is 11.1. The van der Waals surface area contributed by atoms with E-state index in [1.165, 1.54) is 73.5 Å². The summed E-state index contributed by atoms with van der Waals surface area (Å²) in [5.41, 5.74) is 1.32. The molecule has 0 amide bonds. The molecular formula is C17H27N3O6S2. The number of carbonyl (C=O) groups is 2. The summed E-state index contributed by atoms with van der Waals surface area (Å²) in [6.07, 6.45) is 0.736. The van der Waals surface area contributed by atoms with Crippen molar-refractivity contribution in [2.24, 2.45) is 5.92 Å². The number of thioether (sulfide) groups is 1. The first kappa shape index (κ1) is 23.0. The molecule has 4 rings (SSSR count). The molecule has 0 spiro atoms. The minimum atomic E-state index is -2.27. The molecule has 3 saturated heterocycles. The van der Waals surface area contributed by atoms with E-state index in [1.807, 2.05) is 11.8 Å². The Balaban J connectivity index is 0.000000242. The summed E-state index contributed by atoms with van der Waals surface area (Å²) in [6.45, 7) is 6.07. The average Bonchev–Trinajstić information content (AvgIpc) is 3.16. The van der Waals surface area contributed by atoms with E-state index in [-0.39, 0.29) is 0 Å². The molecule has 0 radical (unpaired) electrons. The Kier molecular flexibility index (Phi) is 9.09. The standard InChI is InChI=1S/C13H21N3S2.C4H6O6/c1-2-3-8-17-13-12(14-18-15-13)11-9-16-6-4-10(11)5-7-16;5-1(3(7)8)2(6)4(9)10/h10-11H,2-9H2,1H3;1-2,5-6H,(H,7,8)(H,9,10)/t;1-,2-/m.0/s1. The zero-order chi connectivity index (χ0) is 20.7. The fourth-order valence-electron chi connectivity index (χ4n) is 3.37. The molecule has 4 N–H and O–H groups in total. The first-order chi connectivity index (χ1) is 13.3. The number of hydrogen-bond donors (Lipinski definition) is 4. The Morgan fingerprint density at radius 3 is 2.25 bits per heavy atom. The number of rotatable bonds is 8. The molecule has 3 aliphatic heterocycles. The molecular weight excluding hydrogens is 406 g/mol. The van der Waals surface area contributed by atoms with Gasteiger partial charge in [0.15, 0.2) is 12.2 Å². The van der Waals surface area contributed by atoms with E-state index in [0.29, 0.717) is 5.92 Å². The Labute approximate surface area is 172 Å². The minimum Gasteiger partial charge on any atom is -0.479 e. The highest BCUT2D eigenvalue weighted by atomic mass is 32.2. The van der Waals surface area contributed by atoms with Crippen molar-refractivity contribution in [1.82, 2.24) is 13.6 Å². The summed E-state index contributed by atoms with van der Waals surface area (Å²) >= 11 is 3.32. The molecule has 0 aromatic carbocycles. The van der Waals surface area contributed by atoms with Gasteiger partial charge in [-0.25, -0.2) is 9.59 Å². The highest BCUT2D eigenvalue weighted by molar-refractivity contribution is 7.99. The molecule has 3 atom stereocenters. The van der Waals surface area contributed by atoms with Crippen LogP contribution in [0.1, 0.15) is 44.2 Å². The molecule has 0 saturated carbocycles. The van der Waals surface area contributed by atoms with Crippen LogP contribution in [0.25, 0.3) is 0 Å². The Morgan fingerprint density at radius 1 is 1.18 bits per heavy atom. The molecule has 0 aliphatic carbocycles. The topological polar surface area (TPSA) is 144 Å². The van der Waals surface area contributed by atoms with E-state index in [4.69, 9.17) is 20.4 Å². The smallest absolute Gasteiger partial charge is 0.335 e. The molecule has 1 unspecified atom stereocenters. The molecule has 3 fully saturated rings. The van der Waals surface area contributed by atoms with Crippen LogP contribution in [0.5, 0.6) is 0 Å². The molecule has 158 valence electrons. The van der Waals surface area contributed by atoms with Gasteiger partial charge >= 0.3 is 11.9 Å². The summed E-state index contributed by atoms with van der Waals surface area (Å²) < 4.78 is 9.14. The number of fused-ring (bicyclic) bond motifs is 3. The van der Waals surface area contributed by atoms with Gasteiger partial charge < -0.3 is 25.3 Å². The number of hydrogen-bond acceptors (Lipinski definition) is 9. The highest BCUT2D eigenvalue weighted by Gasteiger charge is 2.37. The van der Waals surface area contributed by atoms with E-state index in [2.05, 4.69) is 20.6 Å². The zero-order valence-corrected chi connectivity index (χ0v) is 17.4. The molecule has 1 aromatic rings. The Bertz CT molecular complexity index is 633. The lowest BCUT2D eigenvalue weighted by atomic mass is 9.78. The monoisotopic (exact) mass is 433 g/mol. The lowest BCUT2D eigenvalue weighted by Crippen LogP contribution is -2.46. The van der Waals surface area contributed by atoms with Crippen LogP contribution < -0.4 is 0 Å². The van der Waals surface area contributed by atoms with Gasteiger partial charge in [-0.15, -0.1) is 11.8 Å². The molecule has 4 heterocycles. The number of aliphatic carboxylic acids is 2. The Morgan fingerprint density at radius 2 is 1.79 bits per heavy atom. The van der Waals surface area contributed by atoms with Crippen LogP contribution in [0.3, 0.4) is 0 Å². The SMILES string of the molecule is CCCCSc1nsnc1C1CN2CCC1CC2.O=C(O)[C@@H](O)[C@H](O)C(=O)O. The van der Waals surface area contributed by atoms with Crippen LogP contribution in [0.15, 0.2) is 5.03 Å². The number of carboxylic acid groups (broad SMARTS) is 2. The Hall–Kier alpha value is -1.27. The lowest BCUT2D eigenvalue weighted by Gasteiger charge is -2.44. The molecule has 1 aromatic heterocycles. The largest absolute Gasteiger partial charge is 0.479 e. The second-order valence-corrected chi connectivity index (χ2v) is 8.58. The highest BCUT2D eigenvalue weighted by Crippen LogP contribution is 2.41. The second kappa shape index (κ2) is 11.1. The van der Waals surface area contributed by atoms with E-state index in [0.717, 1.165) is 5.92 Å². The van der Waals surface area contributed by atoms with Crippen LogP contribution in [0, 0.1) is 5.92 Å². The summed E-state index contributed by atoms with van der Waals surface area (Å²) in [5.74, 6) is -0.819. The van der Waals surface area contributed by atoms with Crippen molar-refractivity contribution in [1.29, 1.82) is 0 Å². The van der Waals surface area contributed by atoms with Gasteiger partial charge in [-0.05, 0) is 44.0 Å². The molecule has 28 heavy (non-hydrogen) atoms. The average molecular weight is 434 g/mol. The van der Waals surface area contributed by atoms with Gasteiger partial charge in [0.2, 0.25) is 0 Å². The maximum Gasteiger partial charge on any atom is 0.335 e. The third kappa shape index (κ3) is 6.11. The van der Waals surface area contributed by atoms with Crippen molar-refractivity contribution >= 4 is 35.4 Å². The van der Waals surface area contributed by atoms with Crippen molar-refractivity contribution in [3.63, 3.8) is 0 Å². The number of aliphatic hydroxyl groups is 2. The van der Waals surface area contributed by atoms with Gasteiger partial charge in [0.25, 0.3) is 0 Å². The first-order valence-electron chi connectivity index (χ1n) is 9.34. The van der Waals surface area contributed by atoms with Gasteiger partial charge in [-0.2, -0.15) is 8.75 Å². The van der Waals surface area contributed by atoms with E-state index < -0.39 is 24.1 Å². The number of nitrogens with zero attached hydrogens (tertiary/aromatic N) is 3. The summed E-state index contributed by atoms with van der Waals surface area (Å²) in [7, 11) is 0. The van der Waals surface area contributed by atoms with Crippen molar-refractivity contribution in [2.45, 2.75) is 55.8 Å². The summed E-state index contributed by atoms with van der Waals surface area (Å²) in [4.78, 5) is 22.1. The quantitative estimate of drug-likeness (QED) is 0.348. The van der Waals surface area contributed by atoms with E-state index in [1.54, 1.807) is 0 Å². The van der Waals surface area contributed by atoms with Gasteiger partial charge in [0, 0.05) is 12.5 Å². The van der Waals surface area contributed by atoms with Crippen LogP contribution in [0.4, 0.5) is 0 Å². The van der Waals surface area contributed by atoms with Gasteiger partial charge in [-0.3, -0.25) is 0 Å². The van der Waals surface area contributed by atoms with Crippen molar-refractivity contribution in [3.8, 4) is 0 Å². The molecule has 2 bridgehead atoms. The van der Waals surface area contributed by atoms with Crippen molar-refractivity contribution in [3.05, 3.63) is 5.69 Å². The third-order valence-electron chi connectivity index (χ3n) is 5.03. The van der Waals surface area contributed by atoms with Crippen molar-refractivity contribution in [2.75, 3.05) is 25.4 Å². The minimum absolute atomic E-state index is 0.662. The number of aliphatic hydroxyl groups excluding tert-OH is 2. The number of aromatic nitrogens is 2. The van der Waals surface area contributed by atoms with Crippen LogP contribution in [-0.4, -0.2) is 83.6 Å². The maximum atomic E-state index is 9.77.